The van der Waals surface area contributed by atoms with Gasteiger partial charge >= 0.3 is 0 Å². The molecule has 102 valence electrons. The molecule has 5 nitrogen and oxygen atoms in total. The Kier molecular flexibility index (Phi) is 2.81. The van der Waals surface area contributed by atoms with E-state index in [0.29, 0.717) is 5.92 Å². The number of rotatable bonds is 4. The van der Waals surface area contributed by atoms with Gasteiger partial charge in [0.15, 0.2) is 5.82 Å². The van der Waals surface area contributed by atoms with E-state index < -0.39 is 0 Å². The number of hydrogen-bond acceptors (Lipinski definition) is 5. The summed E-state index contributed by atoms with van der Waals surface area (Å²) in [5, 5.41) is 14.4. The normalized spacial score (nSPS) is 22.4. The fraction of sp³-hybridized carbons (Fsp3) is 0.769. The molecule has 2 saturated carbocycles. The molecule has 2 aromatic heterocycles. The summed E-state index contributed by atoms with van der Waals surface area (Å²) in [7, 11) is 0. The Bertz CT molecular complexity index is 579. The van der Waals surface area contributed by atoms with Crippen molar-refractivity contribution in [2.24, 2.45) is 11.7 Å². The second-order valence-electron chi connectivity index (χ2n) is 5.94. The highest BCUT2D eigenvalue weighted by molar-refractivity contribution is 7.16. The number of fused-ring (bicyclic) bond motifs is 1. The summed E-state index contributed by atoms with van der Waals surface area (Å²) in [5.74, 6) is 2.35. The first kappa shape index (κ1) is 11.8. The maximum Gasteiger partial charge on any atom is 0.234 e. The Labute approximate surface area is 116 Å². The van der Waals surface area contributed by atoms with Gasteiger partial charge in [-0.25, -0.2) is 0 Å². The van der Waals surface area contributed by atoms with Crippen molar-refractivity contribution in [2.45, 2.75) is 56.9 Å². The van der Waals surface area contributed by atoms with Gasteiger partial charge in [0.1, 0.15) is 5.01 Å². The van der Waals surface area contributed by atoms with Crippen LogP contribution in [-0.4, -0.2) is 25.9 Å². The maximum atomic E-state index is 6.18. The molecule has 0 saturated heterocycles. The standard InChI is InChI=1S/C13H19N5S/c14-10(8-5-6-8)7-11-17-18-12(9-3-1-2-4-9)15-16-13(18)19-11/h8-10H,1-7,14H2. The Hall–Kier alpha value is -1.01. The molecular formula is C13H19N5S. The van der Waals surface area contributed by atoms with Crippen molar-refractivity contribution in [2.75, 3.05) is 0 Å². The summed E-state index contributed by atoms with van der Waals surface area (Å²) < 4.78 is 1.97. The molecule has 1 atom stereocenters. The Morgan fingerprint density at radius 2 is 2.00 bits per heavy atom. The molecule has 2 aromatic rings. The predicted octanol–water partition coefficient (Wildman–Crippen LogP) is 2.12. The average molecular weight is 277 g/mol. The summed E-state index contributed by atoms with van der Waals surface area (Å²) >= 11 is 1.65. The van der Waals surface area contributed by atoms with Gasteiger partial charge in [-0.1, -0.05) is 24.2 Å². The van der Waals surface area contributed by atoms with Gasteiger partial charge in [-0.15, -0.1) is 10.2 Å². The van der Waals surface area contributed by atoms with Crippen LogP contribution in [-0.2, 0) is 6.42 Å². The van der Waals surface area contributed by atoms with Crippen LogP contribution in [0.2, 0.25) is 0 Å². The minimum Gasteiger partial charge on any atom is -0.327 e. The molecule has 6 heteroatoms. The van der Waals surface area contributed by atoms with E-state index in [1.807, 2.05) is 4.52 Å². The zero-order valence-corrected chi connectivity index (χ0v) is 11.8. The molecule has 1 unspecified atom stereocenters. The van der Waals surface area contributed by atoms with Crippen LogP contribution in [0, 0.1) is 5.92 Å². The third kappa shape index (κ3) is 2.17. The smallest absolute Gasteiger partial charge is 0.234 e. The van der Waals surface area contributed by atoms with Crippen LogP contribution < -0.4 is 5.73 Å². The SMILES string of the molecule is NC(Cc1nn2c(C3CCCC3)nnc2s1)C1CC1. The molecule has 0 bridgehead atoms. The first-order valence-electron chi connectivity index (χ1n) is 7.28. The number of nitrogens with two attached hydrogens (primary N) is 1. The van der Waals surface area contributed by atoms with Gasteiger partial charge in [0, 0.05) is 18.4 Å². The summed E-state index contributed by atoms with van der Waals surface area (Å²) in [4.78, 5) is 0.930. The van der Waals surface area contributed by atoms with Gasteiger partial charge in [-0.2, -0.15) is 9.61 Å². The second kappa shape index (κ2) is 4.52. The molecule has 0 aliphatic heterocycles. The van der Waals surface area contributed by atoms with Gasteiger partial charge in [-0.3, -0.25) is 0 Å². The predicted molar refractivity (Wildman–Crippen MR) is 74.3 cm³/mol. The van der Waals surface area contributed by atoms with Gasteiger partial charge < -0.3 is 5.73 Å². The van der Waals surface area contributed by atoms with Crippen LogP contribution in [0.3, 0.4) is 0 Å². The number of aromatic nitrogens is 4. The van der Waals surface area contributed by atoms with E-state index in [2.05, 4.69) is 10.2 Å². The minimum atomic E-state index is 0.277. The molecule has 19 heavy (non-hydrogen) atoms. The van der Waals surface area contributed by atoms with Gasteiger partial charge in [0.2, 0.25) is 4.96 Å². The fourth-order valence-electron chi connectivity index (χ4n) is 3.09. The third-order valence-corrected chi connectivity index (χ3v) is 5.34. The summed E-state index contributed by atoms with van der Waals surface area (Å²) in [6, 6.07) is 0.277. The molecule has 2 aliphatic rings. The van der Waals surface area contributed by atoms with E-state index in [-0.39, 0.29) is 6.04 Å². The van der Waals surface area contributed by atoms with E-state index in [1.54, 1.807) is 11.3 Å². The molecule has 0 spiro atoms. The van der Waals surface area contributed by atoms with Crippen LogP contribution >= 0.6 is 11.3 Å². The molecule has 2 aliphatic carbocycles. The topological polar surface area (TPSA) is 69.1 Å². The molecule has 4 rings (SSSR count). The summed E-state index contributed by atoms with van der Waals surface area (Å²) in [6.07, 6.45) is 8.55. The first-order chi connectivity index (χ1) is 9.31. The number of hydrogen-bond donors (Lipinski definition) is 1. The van der Waals surface area contributed by atoms with E-state index >= 15 is 0 Å². The lowest BCUT2D eigenvalue weighted by atomic mass is 10.1. The lowest BCUT2D eigenvalue weighted by Crippen LogP contribution is -2.25. The Balaban J connectivity index is 1.59. The summed E-state index contributed by atoms with van der Waals surface area (Å²) in [5.41, 5.74) is 6.18. The number of nitrogens with zero attached hydrogens (tertiary/aromatic N) is 4. The highest BCUT2D eigenvalue weighted by atomic mass is 32.1. The average Bonchev–Trinajstić information content (AvgIpc) is 2.81. The van der Waals surface area contributed by atoms with Crippen LogP contribution in [0.5, 0.6) is 0 Å². The highest BCUT2D eigenvalue weighted by Crippen LogP contribution is 2.35. The molecule has 2 N–H and O–H groups in total. The van der Waals surface area contributed by atoms with E-state index in [9.17, 15) is 0 Å². The molecule has 0 amide bonds. The molecular weight excluding hydrogens is 258 g/mol. The van der Waals surface area contributed by atoms with E-state index in [4.69, 9.17) is 10.8 Å². The quantitative estimate of drug-likeness (QED) is 0.929. The van der Waals surface area contributed by atoms with Gasteiger partial charge in [-0.05, 0) is 31.6 Å². The largest absolute Gasteiger partial charge is 0.327 e. The van der Waals surface area contributed by atoms with Gasteiger partial charge in [0.25, 0.3) is 0 Å². The fourth-order valence-corrected chi connectivity index (χ4v) is 4.00. The first-order valence-corrected chi connectivity index (χ1v) is 8.09. The molecule has 2 fully saturated rings. The summed E-state index contributed by atoms with van der Waals surface area (Å²) in [6.45, 7) is 0. The monoisotopic (exact) mass is 277 g/mol. The van der Waals surface area contributed by atoms with Crippen molar-refractivity contribution >= 4 is 16.3 Å². The van der Waals surface area contributed by atoms with Crippen molar-refractivity contribution in [1.29, 1.82) is 0 Å². The van der Waals surface area contributed by atoms with E-state index in [0.717, 1.165) is 28.1 Å². The molecule has 2 heterocycles. The zero-order valence-electron chi connectivity index (χ0n) is 11.0. The van der Waals surface area contributed by atoms with E-state index in [1.165, 1.54) is 38.5 Å². The minimum absolute atomic E-state index is 0.277. The van der Waals surface area contributed by atoms with Crippen LogP contribution in [0.4, 0.5) is 0 Å². The Morgan fingerprint density at radius 1 is 1.21 bits per heavy atom. The lowest BCUT2D eigenvalue weighted by Gasteiger charge is -2.06. The third-order valence-electron chi connectivity index (χ3n) is 4.41. The van der Waals surface area contributed by atoms with Crippen LogP contribution in [0.15, 0.2) is 0 Å². The molecule has 0 aromatic carbocycles. The lowest BCUT2D eigenvalue weighted by molar-refractivity contribution is 0.580. The maximum absolute atomic E-state index is 6.18. The Morgan fingerprint density at radius 3 is 2.74 bits per heavy atom. The van der Waals surface area contributed by atoms with Gasteiger partial charge in [0.05, 0.1) is 0 Å². The van der Waals surface area contributed by atoms with Crippen molar-refractivity contribution in [3.63, 3.8) is 0 Å². The van der Waals surface area contributed by atoms with Crippen molar-refractivity contribution < 1.29 is 0 Å². The van der Waals surface area contributed by atoms with Crippen molar-refractivity contribution in [3.05, 3.63) is 10.8 Å². The zero-order chi connectivity index (χ0) is 12.8. The van der Waals surface area contributed by atoms with Crippen molar-refractivity contribution in [3.8, 4) is 0 Å². The highest BCUT2D eigenvalue weighted by Gasteiger charge is 2.30. The van der Waals surface area contributed by atoms with Crippen LogP contribution in [0.25, 0.3) is 4.96 Å². The molecule has 0 radical (unpaired) electrons. The van der Waals surface area contributed by atoms with Crippen molar-refractivity contribution in [1.82, 2.24) is 19.8 Å². The second-order valence-corrected chi connectivity index (χ2v) is 6.98. The van der Waals surface area contributed by atoms with Crippen LogP contribution in [0.1, 0.15) is 55.3 Å².